The standard InChI is InChI=1S/C15H21N5O/c1-11(16)15(12-4-3-5-13(8-12)21-2)19-6-7-20-10-17-18-14(20)9-19/h3-5,8,10-11,15H,6-7,9,16H2,1-2H3. The van der Waals surface area contributed by atoms with Crippen LogP contribution in [0.1, 0.15) is 24.4 Å². The van der Waals surface area contributed by atoms with E-state index in [4.69, 9.17) is 10.5 Å². The average Bonchev–Trinajstić information content (AvgIpc) is 2.95. The van der Waals surface area contributed by atoms with Crippen molar-refractivity contribution in [2.45, 2.75) is 32.1 Å². The monoisotopic (exact) mass is 287 g/mol. The van der Waals surface area contributed by atoms with Gasteiger partial charge >= 0.3 is 0 Å². The molecule has 112 valence electrons. The molecule has 2 atom stereocenters. The van der Waals surface area contributed by atoms with Gasteiger partial charge in [0.25, 0.3) is 0 Å². The first-order valence-corrected chi connectivity index (χ1v) is 7.19. The molecule has 2 unspecified atom stereocenters. The minimum atomic E-state index is 0.0200. The summed E-state index contributed by atoms with van der Waals surface area (Å²) in [4.78, 5) is 2.36. The van der Waals surface area contributed by atoms with E-state index in [1.54, 1.807) is 13.4 Å². The molecule has 0 spiro atoms. The molecular weight excluding hydrogens is 266 g/mol. The number of nitrogens with two attached hydrogens (primary N) is 1. The summed E-state index contributed by atoms with van der Waals surface area (Å²) in [5.74, 6) is 1.85. The second-order valence-electron chi connectivity index (χ2n) is 5.49. The lowest BCUT2D eigenvalue weighted by Gasteiger charge is -2.37. The Morgan fingerprint density at radius 2 is 2.19 bits per heavy atom. The maximum atomic E-state index is 6.26. The third-order valence-electron chi connectivity index (χ3n) is 4.00. The zero-order valence-electron chi connectivity index (χ0n) is 12.4. The van der Waals surface area contributed by atoms with Crippen LogP contribution >= 0.6 is 0 Å². The van der Waals surface area contributed by atoms with Crippen molar-refractivity contribution in [2.24, 2.45) is 5.73 Å². The van der Waals surface area contributed by atoms with Gasteiger partial charge in [0, 0.05) is 19.1 Å². The molecule has 0 bridgehead atoms. The summed E-state index contributed by atoms with van der Waals surface area (Å²) in [5.41, 5.74) is 7.44. The molecule has 1 aromatic heterocycles. The highest BCUT2D eigenvalue weighted by Crippen LogP contribution is 2.29. The summed E-state index contributed by atoms with van der Waals surface area (Å²) >= 11 is 0. The smallest absolute Gasteiger partial charge is 0.147 e. The van der Waals surface area contributed by atoms with Gasteiger partial charge in [-0.3, -0.25) is 4.90 Å². The van der Waals surface area contributed by atoms with E-state index in [1.807, 2.05) is 19.1 Å². The van der Waals surface area contributed by atoms with E-state index in [-0.39, 0.29) is 12.1 Å². The highest BCUT2D eigenvalue weighted by Gasteiger charge is 2.28. The highest BCUT2D eigenvalue weighted by molar-refractivity contribution is 5.31. The maximum absolute atomic E-state index is 6.26. The molecule has 2 heterocycles. The van der Waals surface area contributed by atoms with Crippen molar-refractivity contribution in [3.05, 3.63) is 42.0 Å². The molecule has 1 aliphatic heterocycles. The Balaban J connectivity index is 1.88. The predicted molar refractivity (Wildman–Crippen MR) is 79.8 cm³/mol. The van der Waals surface area contributed by atoms with Crippen molar-refractivity contribution >= 4 is 0 Å². The maximum Gasteiger partial charge on any atom is 0.147 e. The lowest BCUT2D eigenvalue weighted by atomic mass is 9.98. The van der Waals surface area contributed by atoms with Gasteiger partial charge in [-0.1, -0.05) is 12.1 Å². The molecule has 0 saturated carbocycles. The quantitative estimate of drug-likeness (QED) is 0.915. The number of benzene rings is 1. The highest BCUT2D eigenvalue weighted by atomic mass is 16.5. The molecular formula is C15H21N5O. The largest absolute Gasteiger partial charge is 0.497 e. The minimum Gasteiger partial charge on any atom is -0.497 e. The normalized spacial score (nSPS) is 18.0. The van der Waals surface area contributed by atoms with Crippen molar-refractivity contribution in [3.8, 4) is 5.75 Å². The van der Waals surface area contributed by atoms with Crippen LogP contribution in [0.2, 0.25) is 0 Å². The van der Waals surface area contributed by atoms with Crippen LogP contribution in [0, 0.1) is 0 Å². The lowest BCUT2D eigenvalue weighted by molar-refractivity contribution is 0.135. The number of rotatable bonds is 4. The topological polar surface area (TPSA) is 69.2 Å². The van der Waals surface area contributed by atoms with Crippen LogP contribution in [0.3, 0.4) is 0 Å². The predicted octanol–water partition coefficient (Wildman–Crippen LogP) is 1.19. The third-order valence-corrected chi connectivity index (χ3v) is 4.00. The van der Waals surface area contributed by atoms with Crippen LogP contribution in [-0.4, -0.2) is 39.4 Å². The molecule has 3 rings (SSSR count). The molecule has 0 amide bonds. The first-order valence-electron chi connectivity index (χ1n) is 7.19. The van der Waals surface area contributed by atoms with Crippen LogP contribution in [-0.2, 0) is 13.1 Å². The summed E-state index contributed by atoms with van der Waals surface area (Å²) in [6.07, 6.45) is 1.79. The van der Waals surface area contributed by atoms with Crippen LogP contribution < -0.4 is 10.5 Å². The number of aromatic nitrogens is 3. The van der Waals surface area contributed by atoms with E-state index in [9.17, 15) is 0 Å². The van der Waals surface area contributed by atoms with Gasteiger partial charge in [0.2, 0.25) is 0 Å². The Kier molecular flexibility index (Phi) is 3.90. The average molecular weight is 287 g/mol. The first-order chi connectivity index (χ1) is 10.2. The van der Waals surface area contributed by atoms with Gasteiger partial charge in [-0.25, -0.2) is 0 Å². The summed E-state index contributed by atoms with van der Waals surface area (Å²) in [6, 6.07) is 8.30. The molecule has 2 aromatic rings. The molecule has 0 radical (unpaired) electrons. The molecule has 6 heteroatoms. The Bertz CT molecular complexity index is 610. The van der Waals surface area contributed by atoms with Crippen molar-refractivity contribution in [1.29, 1.82) is 0 Å². The molecule has 0 saturated heterocycles. The zero-order valence-corrected chi connectivity index (χ0v) is 12.4. The molecule has 0 fully saturated rings. The van der Waals surface area contributed by atoms with E-state index in [2.05, 4.69) is 31.8 Å². The van der Waals surface area contributed by atoms with Crippen LogP contribution in [0.4, 0.5) is 0 Å². The van der Waals surface area contributed by atoms with Gasteiger partial charge in [-0.2, -0.15) is 0 Å². The number of hydrogen-bond acceptors (Lipinski definition) is 5. The SMILES string of the molecule is COc1cccc(C(C(C)N)N2CCn3cnnc3C2)c1. The Morgan fingerprint density at radius 1 is 1.33 bits per heavy atom. The van der Waals surface area contributed by atoms with E-state index in [1.165, 1.54) is 5.56 Å². The zero-order chi connectivity index (χ0) is 14.8. The molecule has 2 N–H and O–H groups in total. The fourth-order valence-corrected chi connectivity index (χ4v) is 2.99. The molecule has 6 nitrogen and oxygen atoms in total. The summed E-state index contributed by atoms with van der Waals surface area (Å²) in [7, 11) is 1.68. The van der Waals surface area contributed by atoms with Crippen molar-refractivity contribution in [2.75, 3.05) is 13.7 Å². The molecule has 0 aliphatic carbocycles. The van der Waals surface area contributed by atoms with Gasteiger partial charge in [-0.15, -0.1) is 10.2 Å². The lowest BCUT2D eigenvalue weighted by Crippen LogP contribution is -2.43. The number of ether oxygens (including phenoxy) is 1. The molecule has 1 aliphatic rings. The number of nitrogens with zero attached hydrogens (tertiary/aromatic N) is 4. The van der Waals surface area contributed by atoms with E-state index >= 15 is 0 Å². The van der Waals surface area contributed by atoms with Crippen molar-refractivity contribution in [1.82, 2.24) is 19.7 Å². The van der Waals surface area contributed by atoms with E-state index < -0.39 is 0 Å². The third kappa shape index (κ3) is 2.77. The second kappa shape index (κ2) is 5.83. The van der Waals surface area contributed by atoms with E-state index in [0.717, 1.165) is 31.2 Å². The van der Waals surface area contributed by atoms with Crippen LogP contribution in [0.5, 0.6) is 5.75 Å². The Hall–Kier alpha value is -1.92. The minimum absolute atomic E-state index is 0.0200. The number of hydrogen-bond donors (Lipinski definition) is 1. The van der Waals surface area contributed by atoms with Gasteiger partial charge in [-0.05, 0) is 24.6 Å². The molecule has 1 aromatic carbocycles. The first kappa shape index (κ1) is 14.0. The number of methoxy groups -OCH3 is 1. The van der Waals surface area contributed by atoms with Crippen LogP contribution in [0.25, 0.3) is 0 Å². The second-order valence-corrected chi connectivity index (χ2v) is 5.49. The Labute approximate surface area is 124 Å². The van der Waals surface area contributed by atoms with E-state index in [0.29, 0.717) is 0 Å². The fraction of sp³-hybridized carbons (Fsp3) is 0.467. The van der Waals surface area contributed by atoms with Gasteiger partial charge in [0.1, 0.15) is 17.9 Å². The van der Waals surface area contributed by atoms with Gasteiger partial charge < -0.3 is 15.0 Å². The summed E-state index contributed by atoms with van der Waals surface area (Å²) in [6.45, 7) is 4.65. The van der Waals surface area contributed by atoms with Gasteiger partial charge in [0.05, 0.1) is 19.7 Å². The Morgan fingerprint density at radius 3 is 2.95 bits per heavy atom. The molecule has 21 heavy (non-hydrogen) atoms. The van der Waals surface area contributed by atoms with Crippen molar-refractivity contribution in [3.63, 3.8) is 0 Å². The summed E-state index contributed by atoms with van der Waals surface area (Å²) < 4.78 is 7.43. The van der Waals surface area contributed by atoms with Crippen molar-refractivity contribution < 1.29 is 4.74 Å². The van der Waals surface area contributed by atoms with Gasteiger partial charge in [0.15, 0.2) is 0 Å². The van der Waals surface area contributed by atoms with Crippen LogP contribution in [0.15, 0.2) is 30.6 Å². The summed E-state index contributed by atoms with van der Waals surface area (Å²) in [5, 5.41) is 8.16. The fourth-order valence-electron chi connectivity index (χ4n) is 2.99. The number of fused-ring (bicyclic) bond motifs is 1.